The molecule has 7 nitrogen and oxygen atoms in total. The Labute approximate surface area is 167 Å². The number of thioether (sulfide) groups is 1. The lowest BCUT2D eigenvalue weighted by atomic mass is 10.1. The van der Waals surface area contributed by atoms with E-state index < -0.39 is 0 Å². The number of amides is 2. The van der Waals surface area contributed by atoms with Crippen molar-refractivity contribution in [1.29, 1.82) is 0 Å². The van der Waals surface area contributed by atoms with Gasteiger partial charge in [-0.05, 0) is 36.1 Å². The Hall–Kier alpha value is -3.00. The Morgan fingerprint density at radius 3 is 2.54 bits per heavy atom. The number of rotatable bonds is 6. The van der Waals surface area contributed by atoms with Crippen molar-refractivity contribution < 1.29 is 14.3 Å². The van der Waals surface area contributed by atoms with Crippen LogP contribution in [0.15, 0.2) is 52.9 Å². The Morgan fingerprint density at radius 2 is 1.89 bits per heavy atom. The summed E-state index contributed by atoms with van der Waals surface area (Å²) < 4.78 is 5.90. The molecule has 0 fully saturated rings. The number of nitrogens with zero attached hydrogens (tertiary/aromatic N) is 3. The molecule has 1 heterocycles. The molecule has 0 saturated heterocycles. The lowest BCUT2D eigenvalue weighted by Gasteiger charge is -2.13. The van der Waals surface area contributed by atoms with Crippen LogP contribution in [0.5, 0.6) is 5.75 Å². The molecule has 0 aliphatic rings. The minimum Gasteiger partial charge on any atom is -0.508 e. The topological polar surface area (TPSA) is 91.5 Å². The van der Waals surface area contributed by atoms with Crippen LogP contribution >= 0.6 is 11.8 Å². The third-order valence-electron chi connectivity index (χ3n) is 4.01. The lowest BCUT2D eigenvalue weighted by Crippen LogP contribution is -2.27. The number of hydrogen-bond donors (Lipinski definition) is 2. The van der Waals surface area contributed by atoms with Crippen LogP contribution in [-0.2, 0) is 0 Å². The normalized spacial score (nSPS) is 11.8. The van der Waals surface area contributed by atoms with E-state index in [-0.39, 0.29) is 17.0 Å². The maximum atomic E-state index is 11.7. The zero-order valence-corrected chi connectivity index (χ0v) is 16.7. The molecule has 3 rings (SSSR count). The highest BCUT2D eigenvalue weighted by Gasteiger charge is 2.23. The molecule has 0 aliphatic heterocycles. The van der Waals surface area contributed by atoms with Crippen molar-refractivity contribution in [1.82, 2.24) is 15.1 Å². The molecule has 1 aromatic heterocycles. The van der Waals surface area contributed by atoms with Crippen LogP contribution in [0.3, 0.4) is 0 Å². The second kappa shape index (κ2) is 8.79. The Morgan fingerprint density at radius 1 is 1.18 bits per heavy atom. The fraction of sp³-hybridized carbons (Fsp3) is 0.250. The van der Waals surface area contributed by atoms with Gasteiger partial charge in [0.15, 0.2) is 0 Å². The van der Waals surface area contributed by atoms with E-state index >= 15 is 0 Å². The van der Waals surface area contributed by atoms with E-state index in [1.165, 1.54) is 4.90 Å². The number of carbonyl (C=O) groups excluding carboxylic acids is 1. The summed E-state index contributed by atoms with van der Waals surface area (Å²) in [5, 5.41) is 21.1. The quantitative estimate of drug-likeness (QED) is 0.640. The molecule has 0 radical (unpaired) electrons. The highest BCUT2D eigenvalue weighted by atomic mass is 32.2. The van der Waals surface area contributed by atoms with Crippen LogP contribution in [-0.4, -0.2) is 46.1 Å². The van der Waals surface area contributed by atoms with Gasteiger partial charge in [-0.3, -0.25) is 0 Å². The van der Waals surface area contributed by atoms with Crippen molar-refractivity contribution in [3.63, 3.8) is 0 Å². The van der Waals surface area contributed by atoms with E-state index in [4.69, 9.17) is 4.42 Å². The third kappa shape index (κ3) is 4.45. The van der Waals surface area contributed by atoms with Gasteiger partial charge in [-0.25, -0.2) is 4.79 Å². The maximum absolute atomic E-state index is 11.7. The number of para-hydroxylation sites is 1. The summed E-state index contributed by atoms with van der Waals surface area (Å²) in [4.78, 5) is 13.2. The van der Waals surface area contributed by atoms with Crippen LogP contribution in [0.25, 0.3) is 11.5 Å². The summed E-state index contributed by atoms with van der Waals surface area (Å²) in [6, 6.07) is 14.1. The van der Waals surface area contributed by atoms with Gasteiger partial charge in [-0.1, -0.05) is 25.1 Å². The molecular weight excluding hydrogens is 376 g/mol. The minimum absolute atomic E-state index is 0.199. The number of urea groups is 1. The first kappa shape index (κ1) is 19.8. The summed E-state index contributed by atoms with van der Waals surface area (Å²) in [5.74, 6) is 1.86. The number of aromatic nitrogens is 2. The maximum Gasteiger partial charge on any atom is 0.321 e. The number of benzene rings is 2. The largest absolute Gasteiger partial charge is 0.508 e. The molecule has 2 N–H and O–H groups in total. The van der Waals surface area contributed by atoms with Gasteiger partial charge in [-0.2, -0.15) is 0 Å². The Kier molecular flexibility index (Phi) is 6.20. The van der Waals surface area contributed by atoms with Gasteiger partial charge in [0.2, 0.25) is 11.8 Å². The van der Waals surface area contributed by atoms with E-state index in [1.54, 1.807) is 50.1 Å². The first-order valence-corrected chi connectivity index (χ1v) is 9.86. The van der Waals surface area contributed by atoms with E-state index in [1.807, 2.05) is 31.2 Å². The number of hydrogen-bond acceptors (Lipinski definition) is 6. The van der Waals surface area contributed by atoms with Gasteiger partial charge >= 0.3 is 6.03 Å². The lowest BCUT2D eigenvalue weighted by molar-refractivity contribution is 0.230. The van der Waals surface area contributed by atoms with Crippen LogP contribution in [0.1, 0.15) is 23.6 Å². The molecule has 0 spiro atoms. The first-order valence-electron chi connectivity index (χ1n) is 8.81. The molecule has 1 atom stereocenters. The molecule has 2 amide bonds. The first-order chi connectivity index (χ1) is 13.5. The standard InChI is InChI=1S/C20H22N4O3S/c1-4-28-17(15-7-5-6-8-16(15)25)19-23-22-18(27-19)13-9-11-14(12-10-13)21-20(26)24(2)3/h5-12,17,25H,4H2,1-3H3,(H,21,26). The van der Waals surface area contributed by atoms with E-state index in [0.29, 0.717) is 17.5 Å². The average Bonchev–Trinajstić information content (AvgIpc) is 3.17. The second-order valence-electron chi connectivity index (χ2n) is 6.24. The van der Waals surface area contributed by atoms with Gasteiger partial charge in [-0.15, -0.1) is 22.0 Å². The molecule has 0 aliphatic carbocycles. The number of nitrogens with one attached hydrogen (secondary N) is 1. The van der Waals surface area contributed by atoms with Gasteiger partial charge in [0, 0.05) is 30.9 Å². The van der Waals surface area contributed by atoms with Crippen molar-refractivity contribution in [3.8, 4) is 17.2 Å². The molecule has 146 valence electrons. The summed E-state index contributed by atoms with van der Waals surface area (Å²) in [6.45, 7) is 2.04. The van der Waals surface area contributed by atoms with E-state index in [9.17, 15) is 9.90 Å². The van der Waals surface area contributed by atoms with Crippen LogP contribution in [0, 0.1) is 0 Å². The summed E-state index contributed by atoms with van der Waals surface area (Å²) in [7, 11) is 3.36. The second-order valence-corrected chi connectivity index (χ2v) is 7.62. The highest BCUT2D eigenvalue weighted by Crippen LogP contribution is 2.39. The van der Waals surface area contributed by atoms with Gasteiger partial charge < -0.3 is 19.7 Å². The predicted molar refractivity (Wildman–Crippen MR) is 111 cm³/mol. The SMILES string of the molecule is CCSC(c1nnc(-c2ccc(NC(=O)N(C)C)cc2)o1)c1ccccc1O. The summed E-state index contributed by atoms with van der Waals surface area (Å²) in [5.41, 5.74) is 2.17. The number of phenolic OH excluding ortho intramolecular Hbond substituents is 1. The van der Waals surface area contributed by atoms with Crippen LogP contribution in [0.4, 0.5) is 10.5 Å². The Balaban J connectivity index is 1.82. The zero-order chi connectivity index (χ0) is 20.1. The third-order valence-corrected chi connectivity index (χ3v) is 5.13. The number of anilines is 1. The van der Waals surface area contributed by atoms with Crippen LogP contribution < -0.4 is 5.32 Å². The molecule has 2 aromatic carbocycles. The number of phenols is 1. The minimum atomic E-state index is -0.244. The predicted octanol–water partition coefficient (Wildman–Crippen LogP) is 4.38. The van der Waals surface area contributed by atoms with Crippen molar-refractivity contribution in [2.45, 2.75) is 12.2 Å². The van der Waals surface area contributed by atoms with Crippen molar-refractivity contribution in [3.05, 3.63) is 60.0 Å². The van der Waals surface area contributed by atoms with Gasteiger partial charge in [0.1, 0.15) is 11.0 Å². The summed E-state index contributed by atoms with van der Waals surface area (Å²) in [6.07, 6.45) is 0. The van der Waals surface area contributed by atoms with E-state index in [0.717, 1.165) is 16.9 Å². The highest BCUT2D eigenvalue weighted by molar-refractivity contribution is 7.99. The van der Waals surface area contributed by atoms with Crippen LogP contribution in [0.2, 0.25) is 0 Å². The molecule has 0 saturated carbocycles. The zero-order valence-electron chi connectivity index (χ0n) is 15.9. The number of aromatic hydroxyl groups is 1. The smallest absolute Gasteiger partial charge is 0.321 e. The molecule has 8 heteroatoms. The van der Waals surface area contributed by atoms with Gasteiger partial charge in [0.05, 0.1) is 0 Å². The average molecular weight is 398 g/mol. The fourth-order valence-electron chi connectivity index (χ4n) is 2.56. The number of carbonyl (C=O) groups is 1. The van der Waals surface area contributed by atoms with Gasteiger partial charge in [0.25, 0.3) is 0 Å². The molecule has 1 unspecified atom stereocenters. The monoisotopic (exact) mass is 398 g/mol. The van der Waals surface area contributed by atoms with Crippen molar-refractivity contribution >= 4 is 23.5 Å². The molecule has 3 aromatic rings. The van der Waals surface area contributed by atoms with Crippen molar-refractivity contribution in [2.75, 3.05) is 25.2 Å². The van der Waals surface area contributed by atoms with Crippen molar-refractivity contribution in [2.24, 2.45) is 0 Å². The fourth-order valence-corrected chi connectivity index (χ4v) is 3.51. The molecule has 0 bridgehead atoms. The van der Waals surface area contributed by atoms with E-state index in [2.05, 4.69) is 15.5 Å². The molecule has 28 heavy (non-hydrogen) atoms. The summed E-state index contributed by atoms with van der Waals surface area (Å²) >= 11 is 1.61. The Bertz CT molecular complexity index is 941. The molecular formula is C20H22N4O3S.